The predicted octanol–water partition coefficient (Wildman–Crippen LogP) is 7.23. The lowest BCUT2D eigenvalue weighted by molar-refractivity contribution is 0.525. The van der Waals surface area contributed by atoms with Crippen molar-refractivity contribution in [3.63, 3.8) is 0 Å². The van der Waals surface area contributed by atoms with E-state index in [4.69, 9.17) is 13.8 Å². The molecule has 0 atom stereocenters. The summed E-state index contributed by atoms with van der Waals surface area (Å²) >= 11 is 0. The van der Waals surface area contributed by atoms with Gasteiger partial charge in [0.05, 0.1) is 33.4 Å². The van der Waals surface area contributed by atoms with Gasteiger partial charge in [-0.25, -0.2) is 13.4 Å². The van der Waals surface area contributed by atoms with E-state index < -0.39 is 15.3 Å². The second-order valence-corrected chi connectivity index (χ2v) is 11.9. The number of pyridine rings is 1. The maximum atomic E-state index is 13.3. The van der Waals surface area contributed by atoms with E-state index >= 15 is 0 Å². The van der Waals surface area contributed by atoms with Crippen LogP contribution in [0.25, 0.3) is 22.6 Å². The third kappa shape index (κ3) is 2.34. The molecule has 0 N–H and O–H groups in total. The molecule has 3 aliphatic rings. The highest BCUT2D eigenvalue weighted by atomic mass is 32.2. The molecule has 5 heterocycles. The Morgan fingerprint density at radius 1 is 0.667 bits per heavy atom. The van der Waals surface area contributed by atoms with Crippen molar-refractivity contribution in [1.82, 2.24) is 4.98 Å². The van der Waals surface area contributed by atoms with E-state index in [1.807, 2.05) is 54.6 Å². The molecule has 186 valence electrons. The molecule has 2 aliphatic heterocycles. The number of anilines is 3. The second-order valence-electron chi connectivity index (χ2n) is 9.98. The average molecular weight is 527 g/mol. The van der Waals surface area contributed by atoms with Crippen molar-refractivity contribution in [1.29, 1.82) is 0 Å². The van der Waals surface area contributed by atoms with E-state index in [0.717, 1.165) is 56.5 Å². The Morgan fingerprint density at radius 3 is 2.18 bits per heavy atom. The van der Waals surface area contributed by atoms with Crippen LogP contribution in [0, 0.1) is 0 Å². The van der Waals surface area contributed by atoms with Crippen LogP contribution in [0.5, 0.6) is 0 Å². The molecule has 0 saturated heterocycles. The summed E-state index contributed by atoms with van der Waals surface area (Å²) in [7, 11) is -3.56. The molecule has 7 heteroatoms. The van der Waals surface area contributed by atoms with Gasteiger partial charge in [0.1, 0.15) is 5.82 Å². The Balaban J connectivity index is 1.36. The Bertz CT molecular complexity index is 2030. The van der Waals surface area contributed by atoms with Crippen molar-refractivity contribution in [3.05, 3.63) is 132 Å². The molecule has 0 saturated carbocycles. The summed E-state index contributed by atoms with van der Waals surface area (Å²) in [5, 5.41) is 0. The molecule has 0 radical (unpaired) electrons. The van der Waals surface area contributed by atoms with Crippen LogP contribution in [0.15, 0.2) is 128 Å². The van der Waals surface area contributed by atoms with Crippen LogP contribution in [-0.2, 0) is 15.3 Å². The Kier molecular flexibility index (Phi) is 3.76. The van der Waals surface area contributed by atoms with Gasteiger partial charge in [0.25, 0.3) is 0 Å². The lowest BCUT2D eigenvalue weighted by Gasteiger charge is -2.43. The Labute approximate surface area is 223 Å². The van der Waals surface area contributed by atoms with Gasteiger partial charge in [-0.05, 0) is 54.1 Å². The van der Waals surface area contributed by atoms with Gasteiger partial charge >= 0.3 is 0 Å². The molecular weight excluding hydrogens is 508 g/mol. The number of benzene rings is 3. The highest BCUT2D eigenvalue weighted by Crippen LogP contribution is 2.63. The first-order chi connectivity index (χ1) is 19.1. The number of aromatic nitrogens is 1. The monoisotopic (exact) mass is 526 g/mol. The first kappa shape index (κ1) is 21.1. The van der Waals surface area contributed by atoms with E-state index in [9.17, 15) is 8.42 Å². The summed E-state index contributed by atoms with van der Waals surface area (Å²) in [5.41, 5.74) is 6.67. The number of fused-ring (bicyclic) bond motifs is 12. The molecule has 0 unspecified atom stereocenters. The van der Waals surface area contributed by atoms with Gasteiger partial charge in [0, 0.05) is 39.7 Å². The SMILES string of the molecule is O=S1(=O)c2ccccc2-c2cc(N3c4ccccc4C4(c5cccnc53)c3ccoc3-c3occc34)ccc21. The molecule has 39 heavy (non-hydrogen) atoms. The lowest BCUT2D eigenvalue weighted by Crippen LogP contribution is -2.36. The molecule has 3 aromatic carbocycles. The van der Waals surface area contributed by atoms with E-state index in [1.54, 1.807) is 36.9 Å². The molecule has 1 aliphatic carbocycles. The highest BCUT2D eigenvalue weighted by molar-refractivity contribution is 7.92. The third-order valence-corrected chi connectivity index (χ3v) is 10.1. The molecule has 0 amide bonds. The first-order valence-electron chi connectivity index (χ1n) is 12.6. The fourth-order valence-electron chi connectivity index (χ4n) is 6.80. The summed E-state index contributed by atoms with van der Waals surface area (Å²) in [5.74, 6) is 2.23. The zero-order valence-electron chi connectivity index (χ0n) is 20.3. The molecular formula is C32H18N2O4S. The zero-order chi connectivity index (χ0) is 25.9. The molecule has 9 rings (SSSR count). The third-order valence-electron chi connectivity index (χ3n) is 8.27. The molecule has 0 fully saturated rings. The number of hydrogen-bond donors (Lipinski definition) is 0. The summed E-state index contributed by atoms with van der Waals surface area (Å²) < 4.78 is 38.4. The molecule has 6 nitrogen and oxygen atoms in total. The van der Waals surface area contributed by atoms with Crippen LogP contribution in [0.1, 0.15) is 22.3 Å². The summed E-state index contributed by atoms with van der Waals surface area (Å²) in [6.07, 6.45) is 5.21. The lowest BCUT2D eigenvalue weighted by atomic mass is 9.66. The fraction of sp³-hybridized carbons (Fsp3) is 0.0312. The van der Waals surface area contributed by atoms with Crippen molar-refractivity contribution in [2.45, 2.75) is 15.2 Å². The van der Waals surface area contributed by atoms with Crippen LogP contribution in [0.2, 0.25) is 0 Å². The fourth-order valence-corrected chi connectivity index (χ4v) is 8.47. The maximum Gasteiger partial charge on any atom is 0.207 e. The molecule has 6 aromatic rings. The van der Waals surface area contributed by atoms with Crippen molar-refractivity contribution < 1.29 is 17.3 Å². The van der Waals surface area contributed by atoms with E-state index in [2.05, 4.69) is 23.1 Å². The number of furan rings is 2. The predicted molar refractivity (Wildman–Crippen MR) is 145 cm³/mol. The zero-order valence-corrected chi connectivity index (χ0v) is 21.1. The minimum Gasteiger partial charge on any atom is -0.461 e. The van der Waals surface area contributed by atoms with Gasteiger partial charge in [-0.2, -0.15) is 0 Å². The molecule has 1 spiro atoms. The topological polar surface area (TPSA) is 76.6 Å². The quantitative estimate of drug-likeness (QED) is 0.225. The van der Waals surface area contributed by atoms with Gasteiger partial charge in [0.15, 0.2) is 11.5 Å². The summed E-state index contributed by atoms with van der Waals surface area (Å²) in [4.78, 5) is 7.73. The van der Waals surface area contributed by atoms with Gasteiger partial charge in [-0.15, -0.1) is 0 Å². The van der Waals surface area contributed by atoms with Gasteiger partial charge < -0.3 is 8.83 Å². The van der Waals surface area contributed by atoms with Crippen molar-refractivity contribution in [2.24, 2.45) is 0 Å². The van der Waals surface area contributed by atoms with E-state index in [1.165, 1.54) is 0 Å². The van der Waals surface area contributed by atoms with E-state index in [0.29, 0.717) is 15.4 Å². The van der Waals surface area contributed by atoms with Crippen molar-refractivity contribution in [2.75, 3.05) is 4.90 Å². The average Bonchev–Trinajstić information content (AvgIpc) is 3.73. The Hall–Kier alpha value is -4.88. The van der Waals surface area contributed by atoms with Crippen LogP contribution in [0.3, 0.4) is 0 Å². The largest absolute Gasteiger partial charge is 0.461 e. The first-order valence-corrected chi connectivity index (χ1v) is 14.1. The maximum absolute atomic E-state index is 13.3. The normalized spacial score (nSPS) is 16.3. The highest BCUT2D eigenvalue weighted by Gasteiger charge is 2.55. The van der Waals surface area contributed by atoms with Gasteiger partial charge in [-0.3, -0.25) is 4.90 Å². The smallest absolute Gasteiger partial charge is 0.207 e. The molecule has 0 bridgehead atoms. The number of hydrogen-bond acceptors (Lipinski definition) is 6. The number of sulfone groups is 1. The number of nitrogens with zero attached hydrogens (tertiary/aromatic N) is 2. The van der Waals surface area contributed by atoms with Crippen molar-refractivity contribution >= 4 is 27.0 Å². The number of para-hydroxylation sites is 1. The summed E-state index contributed by atoms with van der Waals surface area (Å²) in [6.45, 7) is 0. The minimum absolute atomic E-state index is 0.331. The number of rotatable bonds is 1. The summed E-state index contributed by atoms with van der Waals surface area (Å²) in [6, 6.07) is 29.1. The molecule has 3 aromatic heterocycles. The van der Waals surface area contributed by atoms with Crippen molar-refractivity contribution in [3.8, 4) is 22.6 Å². The van der Waals surface area contributed by atoms with Crippen LogP contribution >= 0.6 is 0 Å². The second kappa shape index (κ2) is 6.95. The van der Waals surface area contributed by atoms with Gasteiger partial charge in [-0.1, -0.05) is 42.5 Å². The van der Waals surface area contributed by atoms with Gasteiger partial charge in [0.2, 0.25) is 9.84 Å². The standard InChI is InChI=1S/C32H18N2O4S/c35-39(36)27-10-4-1-6-20(27)21-18-19(11-12-28(21)39)34-26-9-3-2-7-22(26)32(25-8-5-15-33-31(25)34)23-13-16-37-29(23)30-24(32)14-17-38-30/h1-18H. The van der Waals surface area contributed by atoms with Crippen LogP contribution in [-0.4, -0.2) is 13.4 Å². The van der Waals surface area contributed by atoms with E-state index in [-0.39, 0.29) is 0 Å². The van der Waals surface area contributed by atoms with Crippen LogP contribution < -0.4 is 4.90 Å². The van der Waals surface area contributed by atoms with Crippen LogP contribution in [0.4, 0.5) is 17.2 Å². The minimum atomic E-state index is -3.56. The Morgan fingerprint density at radius 2 is 1.36 bits per heavy atom.